The summed E-state index contributed by atoms with van der Waals surface area (Å²) in [6.07, 6.45) is 24.3. The van der Waals surface area contributed by atoms with Gasteiger partial charge in [0.05, 0.1) is 0 Å². The van der Waals surface area contributed by atoms with Crippen LogP contribution in [0.25, 0.3) is 16.9 Å². The van der Waals surface area contributed by atoms with Crippen LogP contribution in [0.15, 0.2) is 35.4 Å². The quantitative estimate of drug-likeness (QED) is 0.0619. The van der Waals surface area contributed by atoms with E-state index < -0.39 is 0 Å². The van der Waals surface area contributed by atoms with Crippen molar-refractivity contribution >= 4 is 11.4 Å². The summed E-state index contributed by atoms with van der Waals surface area (Å²) >= 11 is 1.62. The fraction of sp³-hybridized carbons (Fsp3) is 0.660. The Hall–Kier alpha value is -1.99. The van der Waals surface area contributed by atoms with Crippen molar-refractivity contribution in [3.8, 4) is 0 Å². The standard InChI is InChI=1S/C45H70N2.2CH3.Ni/c1-9-17-21-29-43-42(28-20-12-4)44(38-30-34(22-13-5)40(26-18-10-2)35(31-38)23-14-6)47(46)45(43)39-32-36(24-15-7)41(27-19-11-3)37(33-39)25-16-8;;;/h30-33H,9-29H2,1-8H3;2*1H3;. The van der Waals surface area contributed by atoms with Crippen molar-refractivity contribution in [3.63, 3.8) is 0 Å². The van der Waals surface area contributed by atoms with Crippen molar-refractivity contribution in [2.45, 2.75) is 202 Å². The van der Waals surface area contributed by atoms with Gasteiger partial charge >= 0.3 is 26.2 Å². The van der Waals surface area contributed by atoms with E-state index in [9.17, 15) is 5.53 Å². The average molecular weight is 728 g/mol. The maximum atomic E-state index is 12.6. The molecular formula is C47H76N2Ni. The molecule has 0 saturated heterocycles. The molecule has 0 N–H and O–H groups in total. The zero-order valence-electron chi connectivity index (χ0n) is 34.4. The van der Waals surface area contributed by atoms with Gasteiger partial charge in [-0.15, -0.1) is 0 Å². The Morgan fingerprint density at radius 3 is 1.02 bits per heavy atom. The summed E-state index contributed by atoms with van der Waals surface area (Å²) < 4.78 is 1.67. The van der Waals surface area contributed by atoms with E-state index in [4.69, 9.17) is 0 Å². The zero-order chi connectivity index (χ0) is 36.9. The molecule has 1 heterocycles. The van der Waals surface area contributed by atoms with Crippen LogP contribution < -0.4 is 0 Å². The van der Waals surface area contributed by atoms with E-state index in [1.807, 2.05) is 0 Å². The first kappa shape index (κ1) is 44.2. The van der Waals surface area contributed by atoms with Crippen molar-refractivity contribution in [2.24, 2.45) is 0 Å². The predicted molar refractivity (Wildman–Crippen MR) is 219 cm³/mol. The van der Waals surface area contributed by atoms with Crippen LogP contribution >= 0.6 is 0 Å². The normalized spacial score (nSPS) is 13.1. The van der Waals surface area contributed by atoms with Crippen LogP contribution in [-0.4, -0.2) is 4.70 Å². The molecule has 2 nitrogen and oxygen atoms in total. The van der Waals surface area contributed by atoms with Crippen LogP contribution in [0, 0.1) is 0 Å². The second-order valence-corrected chi connectivity index (χ2v) is 15.6. The van der Waals surface area contributed by atoms with E-state index in [0.29, 0.717) is 0 Å². The molecule has 0 fully saturated rings. The molecule has 284 valence electrons. The number of nitrogens with zero attached hydrogens (tertiary/aromatic N) is 2. The van der Waals surface area contributed by atoms with E-state index >= 15 is 0 Å². The molecule has 0 aromatic heterocycles. The Kier molecular flexibility index (Phi) is 22.1. The van der Waals surface area contributed by atoms with Gasteiger partial charge in [-0.3, -0.25) is 0 Å². The summed E-state index contributed by atoms with van der Waals surface area (Å²) in [7, 11) is 0. The van der Waals surface area contributed by atoms with Crippen LogP contribution in [0.5, 0.6) is 0 Å². The van der Waals surface area contributed by atoms with Gasteiger partial charge in [0.15, 0.2) is 0 Å². The molecule has 2 aromatic carbocycles. The van der Waals surface area contributed by atoms with Crippen LogP contribution in [0.4, 0.5) is 0 Å². The molecular weight excluding hydrogens is 651 g/mol. The number of rotatable bonds is 23. The SMILES string of the molecule is CCCCCC1=C(c2cc(CCC)c(CCCC)c(CCC)c2)[N+](=[N-])C(c2cc(CCC)c(CCCC)c(CCC)c2)=C1CCCC.[CH3][Ni][CH3]. The number of hydrogen-bond acceptors (Lipinski definition) is 0. The molecule has 0 amide bonds. The first-order valence-electron chi connectivity index (χ1n) is 20.8. The Morgan fingerprint density at radius 1 is 0.420 bits per heavy atom. The minimum absolute atomic E-state index is 1.02. The molecule has 0 unspecified atom stereocenters. The Balaban J connectivity index is 0.00000278. The number of hydrogen-bond donors (Lipinski definition) is 0. The van der Waals surface area contributed by atoms with Crippen LogP contribution in [0.1, 0.15) is 196 Å². The van der Waals surface area contributed by atoms with E-state index in [1.54, 1.807) is 30.3 Å². The average Bonchev–Trinajstić information content (AvgIpc) is 3.37. The van der Waals surface area contributed by atoms with Crippen molar-refractivity contribution in [1.82, 2.24) is 0 Å². The van der Waals surface area contributed by atoms with Crippen molar-refractivity contribution in [3.05, 3.63) is 85.5 Å². The Bertz CT molecular complexity index is 1320. The van der Waals surface area contributed by atoms with Gasteiger partial charge in [0.2, 0.25) is 11.4 Å². The Labute approximate surface area is 316 Å². The predicted octanol–water partition coefficient (Wildman–Crippen LogP) is 15.3. The summed E-state index contributed by atoms with van der Waals surface area (Å²) in [5.41, 5.74) is 29.2. The molecule has 1 aliphatic heterocycles. The molecule has 0 aliphatic carbocycles. The van der Waals surface area contributed by atoms with E-state index in [1.165, 1.54) is 102 Å². The second-order valence-electron chi connectivity index (χ2n) is 14.6. The monoisotopic (exact) mass is 727 g/mol. The van der Waals surface area contributed by atoms with Crippen molar-refractivity contribution in [2.75, 3.05) is 0 Å². The van der Waals surface area contributed by atoms with Gasteiger partial charge in [-0.25, -0.2) is 4.70 Å². The summed E-state index contributed by atoms with van der Waals surface area (Å²) in [6.45, 7) is 18.5. The third kappa shape index (κ3) is 12.3. The van der Waals surface area contributed by atoms with Gasteiger partial charge < -0.3 is 5.53 Å². The third-order valence-electron chi connectivity index (χ3n) is 10.2. The zero-order valence-corrected chi connectivity index (χ0v) is 35.4. The summed E-state index contributed by atoms with van der Waals surface area (Å²) in [5, 5.41) is 0. The molecule has 0 saturated carbocycles. The topological polar surface area (TPSA) is 25.3 Å². The fourth-order valence-electron chi connectivity index (χ4n) is 7.88. The number of unbranched alkanes of at least 4 members (excludes halogenated alkanes) is 5. The van der Waals surface area contributed by atoms with Crippen molar-refractivity contribution in [1.29, 1.82) is 0 Å². The molecule has 0 radical (unpaired) electrons. The molecule has 2 aromatic rings. The van der Waals surface area contributed by atoms with Crippen LogP contribution in [-0.2, 0) is 53.0 Å². The van der Waals surface area contributed by atoms with Gasteiger partial charge in [0, 0.05) is 22.3 Å². The Morgan fingerprint density at radius 2 is 0.720 bits per heavy atom. The molecule has 3 rings (SSSR count). The molecule has 0 spiro atoms. The third-order valence-corrected chi connectivity index (χ3v) is 10.2. The van der Waals surface area contributed by atoms with Crippen LogP contribution in [0.2, 0.25) is 11.8 Å². The summed E-state index contributed by atoms with van der Waals surface area (Å²) in [4.78, 5) is 0. The summed E-state index contributed by atoms with van der Waals surface area (Å²) in [6, 6.07) is 9.91. The minimum atomic E-state index is 1.02. The van der Waals surface area contributed by atoms with E-state index in [0.717, 1.165) is 88.4 Å². The number of allylic oxidation sites excluding steroid dienone is 2. The molecule has 3 heteroatoms. The number of aryl methyl sites for hydroxylation is 4. The molecule has 0 bridgehead atoms. The van der Waals surface area contributed by atoms with E-state index in [2.05, 4.69) is 91.4 Å². The van der Waals surface area contributed by atoms with Crippen molar-refractivity contribution < 1.29 is 19.1 Å². The van der Waals surface area contributed by atoms with Gasteiger partial charge in [-0.2, -0.15) is 0 Å². The number of benzene rings is 2. The first-order valence-corrected chi connectivity index (χ1v) is 22.8. The van der Waals surface area contributed by atoms with Gasteiger partial charge in [0.1, 0.15) is 0 Å². The summed E-state index contributed by atoms with van der Waals surface area (Å²) in [5.74, 6) is 4.12. The van der Waals surface area contributed by atoms with Gasteiger partial charge in [-0.05, 0) is 135 Å². The van der Waals surface area contributed by atoms with E-state index in [-0.39, 0.29) is 0 Å². The molecule has 0 atom stereocenters. The molecule has 50 heavy (non-hydrogen) atoms. The fourth-order valence-corrected chi connectivity index (χ4v) is 7.88. The molecule has 1 aliphatic rings. The first-order chi connectivity index (χ1) is 24.3. The van der Waals surface area contributed by atoms with Gasteiger partial charge in [-0.1, -0.05) is 113 Å². The second kappa shape index (κ2) is 25.1. The van der Waals surface area contributed by atoms with Gasteiger partial charge in [0.25, 0.3) is 0 Å². The van der Waals surface area contributed by atoms with Crippen LogP contribution in [0.3, 0.4) is 0 Å². The maximum absolute atomic E-state index is 12.6.